The number of carboxylic acid groups (broad SMARTS) is 3. The van der Waals surface area contributed by atoms with Crippen molar-refractivity contribution in [1.29, 1.82) is 0 Å². The number of aliphatic carboxylic acids is 3. The molecule has 10 nitrogen and oxygen atoms in total. The first-order valence-corrected chi connectivity index (χ1v) is 2.78. The van der Waals surface area contributed by atoms with Crippen LogP contribution in [0.3, 0.4) is 0 Å². The normalized spacial score (nSPS) is 4.41. The summed E-state index contributed by atoms with van der Waals surface area (Å²) < 4.78 is 0. The average Bonchev–Trinajstić information content (AvgIpc) is 1.54. The molecular weight excluding hydrogens is 277 g/mol. The topological polar surface area (TPSA) is 238 Å². The molecule has 11 N–H and O–H groups in total. The summed E-state index contributed by atoms with van der Waals surface area (Å²) in [5.41, 5.74) is 0. The van der Waals surface area contributed by atoms with Crippen LogP contribution in [-0.2, 0) is 40.2 Å². The van der Waals surface area contributed by atoms with Crippen LogP contribution in [0.5, 0.6) is 0 Å². The van der Waals surface area contributed by atoms with Gasteiger partial charge in [0.25, 0.3) is 17.9 Å². The molecule has 1 radical (unpaired) electrons. The maximum absolute atomic E-state index is 9.00. The quantitative estimate of drug-likeness (QED) is 0.419. The molecule has 0 amide bonds. The molecule has 0 unspecified atom stereocenters. The van der Waals surface area contributed by atoms with Crippen LogP contribution in [0.25, 0.3) is 0 Å². The molecule has 0 rings (SSSR count). The summed E-state index contributed by atoms with van der Waals surface area (Å²) in [5.74, 6) is -2.50. The van der Waals surface area contributed by atoms with E-state index in [0.717, 1.165) is 20.8 Å². The predicted molar refractivity (Wildman–Crippen MR) is 54.4 cm³/mol. The molecule has 0 aromatic heterocycles. The molecule has 0 aliphatic heterocycles. The molecule has 0 aliphatic rings. The molecule has 107 valence electrons. The van der Waals surface area contributed by atoms with Crippen molar-refractivity contribution < 1.29 is 77.5 Å². The Morgan fingerprint density at radius 1 is 0.588 bits per heavy atom. The Hall–Kier alpha value is -0.880. The van der Waals surface area contributed by atoms with Crippen LogP contribution >= 0.6 is 0 Å². The standard InChI is InChI=1S/3C2H4O2.4H2O.Sc/c3*1-2(3)4;;;;;/h3*1H3,(H,3,4);4*1H2;. The summed E-state index contributed by atoms with van der Waals surface area (Å²) in [4.78, 5) is 27.0. The van der Waals surface area contributed by atoms with E-state index < -0.39 is 17.9 Å². The average molecular weight is 297 g/mol. The summed E-state index contributed by atoms with van der Waals surface area (Å²) in [6, 6.07) is 0. The van der Waals surface area contributed by atoms with Crippen molar-refractivity contribution in [3.63, 3.8) is 0 Å². The van der Waals surface area contributed by atoms with Crippen LogP contribution < -0.4 is 0 Å². The number of carboxylic acids is 3. The van der Waals surface area contributed by atoms with Crippen molar-refractivity contribution in [2.24, 2.45) is 0 Å². The minimum atomic E-state index is -0.833. The molecule has 0 fully saturated rings. The van der Waals surface area contributed by atoms with Crippen molar-refractivity contribution in [3.05, 3.63) is 0 Å². The summed E-state index contributed by atoms with van der Waals surface area (Å²) in [6.45, 7) is 3.25. The van der Waals surface area contributed by atoms with Crippen LogP contribution in [-0.4, -0.2) is 55.1 Å². The van der Waals surface area contributed by atoms with Gasteiger partial charge in [-0.05, 0) is 0 Å². The minimum absolute atomic E-state index is 0. The zero-order valence-electron chi connectivity index (χ0n) is 9.64. The molecule has 0 heterocycles. The van der Waals surface area contributed by atoms with Gasteiger partial charge in [0.05, 0.1) is 0 Å². The summed E-state index contributed by atoms with van der Waals surface area (Å²) in [6.07, 6.45) is 0. The second kappa shape index (κ2) is 45.7. The van der Waals surface area contributed by atoms with Gasteiger partial charge in [0.2, 0.25) is 0 Å². The van der Waals surface area contributed by atoms with Gasteiger partial charge in [-0.2, -0.15) is 0 Å². The Morgan fingerprint density at radius 2 is 0.588 bits per heavy atom. The smallest absolute Gasteiger partial charge is 0.300 e. The second-order valence-electron chi connectivity index (χ2n) is 1.56. The van der Waals surface area contributed by atoms with Gasteiger partial charge in [0.15, 0.2) is 0 Å². The van der Waals surface area contributed by atoms with Crippen LogP contribution in [0.15, 0.2) is 0 Å². The van der Waals surface area contributed by atoms with Crippen LogP contribution in [0.4, 0.5) is 0 Å². The van der Waals surface area contributed by atoms with E-state index in [-0.39, 0.29) is 47.7 Å². The Bertz CT molecular complexity index is 118. The maximum Gasteiger partial charge on any atom is 0.300 e. The molecule has 17 heavy (non-hydrogen) atoms. The minimum Gasteiger partial charge on any atom is -0.481 e. The van der Waals surface area contributed by atoms with Crippen LogP contribution in [0, 0.1) is 0 Å². The van der Waals surface area contributed by atoms with Crippen molar-refractivity contribution in [3.8, 4) is 0 Å². The van der Waals surface area contributed by atoms with Gasteiger partial charge < -0.3 is 37.2 Å². The fourth-order valence-electron chi connectivity index (χ4n) is 0. The van der Waals surface area contributed by atoms with E-state index >= 15 is 0 Å². The summed E-state index contributed by atoms with van der Waals surface area (Å²) in [7, 11) is 0. The maximum atomic E-state index is 9.00. The summed E-state index contributed by atoms with van der Waals surface area (Å²) in [5, 5.41) is 22.2. The van der Waals surface area contributed by atoms with E-state index in [2.05, 4.69) is 0 Å². The number of hydrogen-bond acceptors (Lipinski definition) is 3. The van der Waals surface area contributed by atoms with Crippen molar-refractivity contribution >= 4 is 17.9 Å². The Labute approximate surface area is 116 Å². The fraction of sp³-hybridized carbons (Fsp3) is 0.500. The Balaban J connectivity index is -0.0000000104. The molecule has 0 atom stereocenters. The van der Waals surface area contributed by atoms with E-state index in [0.29, 0.717) is 0 Å². The molecule has 11 heteroatoms. The van der Waals surface area contributed by atoms with Crippen LogP contribution in [0.2, 0.25) is 0 Å². The van der Waals surface area contributed by atoms with Crippen molar-refractivity contribution in [2.75, 3.05) is 0 Å². The van der Waals surface area contributed by atoms with Gasteiger partial charge in [-0.15, -0.1) is 0 Å². The third kappa shape index (κ3) is 3360. The molecule has 0 aromatic carbocycles. The third-order valence-electron chi connectivity index (χ3n) is 0. The number of carbonyl (C=O) groups is 3. The molecule has 0 spiro atoms. The SMILES string of the molecule is CC(=O)O.CC(=O)O.CC(=O)O.O.O.O.O.[Sc]. The van der Waals surface area contributed by atoms with Crippen molar-refractivity contribution in [2.45, 2.75) is 20.8 Å². The fourth-order valence-corrected chi connectivity index (χ4v) is 0. The van der Waals surface area contributed by atoms with Crippen LogP contribution in [0.1, 0.15) is 20.8 Å². The van der Waals surface area contributed by atoms with E-state index in [9.17, 15) is 0 Å². The number of hydrogen-bond donors (Lipinski definition) is 3. The first-order chi connectivity index (χ1) is 5.20. The van der Waals surface area contributed by atoms with Gasteiger partial charge in [-0.1, -0.05) is 0 Å². The molecular formula is C6H20O10Sc. The Morgan fingerprint density at radius 3 is 0.588 bits per heavy atom. The monoisotopic (exact) mass is 297 g/mol. The molecule has 0 aliphatic carbocycles. The zero-order valence-corrected chi connectivity index (χ0v) is 11.4. The first kappa shape index (κ1) is 55.9. The molecule has 0 saturated carbocycles. The van der Waals surface area contributed by atoms with Crippen molar-refractivity contribution in [1.82, 2.24) is 0 Å². The van der Waals surface area contributed by atoms with E-state index in [1.54, 1.807) is 0 Å². The van der Waals surface area contributed by atoms with Gasteiger partial charge in [-0.25, -0.2) is 0 Å². The van der Waals surface area contributed by atoms with Gasteiger partial charge in [0, 0.05) is 46.6 Å². The number of rotatable bonds is 0. The molecule has 0 saturated heterocycles. The largest absolute Gasteiger partial charge is 0.481 e. The third-order valence-corrected chi connectivity index (χ3v) is 0. The Kier molecular flexibility index (Phi) is 150. The zero-order chi connectivity index (χ0) is 10.7. The molecule has 0 aromatic rings. The first-order valence-electron chi connectivity index (χ1n) is 2.78. The van der Waals surface area contributed by atoms with E-state index in [1.807, 2.05) is 0 Å². The van der Waals surface area contributed by atoms with Gasteiger partial charge >= 0.3 is 0 Å². The van der Waals surface area contributed by atoms with E-state index in [4.69, 9.17) is 29.7 Å². The van der Waals surface area contributed by atoms with Gasteiger partial charge in [-0.3, -0.25) is 14.4 Å². The van der Waals surface area contributed by atoms with Gasteiger partial charge in [0.1, 0.15) is 0 Å². The summed E-state index contributed by atoms with van der Waals surface area (Å²) >= 11 is 0. The predicted octanol–water partition coefficient (Wildman–Crippen LogP) is -3.03. The van der Waals surface area contributed by atoms with E-state index in [1.165, 1.54) is 0 Å². The molecule has 0 bridgehead atoms. The second-order valence-corrected chi connectivity index (χ2v) is 1.56.